The maximum Gasteiger partial charge on any atom is 0.262 e. The van der Waals surface area contributed by atoms with Gasteiger partial charge in [-0.25, -0.2) is 4.39 Å². The molecule has 0 atom stereocenters. The summed E-state index contributed by atoms with van der Waals surface area (Å²) >= 11 is 0. The van der Waals surface area contributed by atoms with E-state index in [-0.39, 0.29) is 12.3 Å². The van der Waals surface area contributed by atoms with Gasteiger partial charge in [-0.1, -0.05) is 24.3 Å². The lowest BCUT2D eigenvalue weighted by atomic mass is 10.2. The van der Waals surface area contributed by atoms with Crippen molar-refractivity contribution in [3.05, 3.63) is 59.9 Å². The fourth-order valence-electron chi connectivity index (χ4n) is 1.60. The lowest BCUT2D eigenvalue weighted by molar-refractivity contribution is -0.118. The smallest absolute Gasteiger partial charge is 0.262 e. The molecule has 1 N–H and O–H groups in total. The Labute approximate surface area is 115 Å². The summed E-state index contributed by atoms with van der Waals surface area (Å²) in [5.41, 5.74) is 0.441. The molecule has 2 aromatic carbocycles. The van der Waals surface area contributed by atoms with E-state index in [1.54, 1.807) is 30.3 Å². The van der Waals surface area contributed by atoms with E-state index >= 15 is 0 Å². The molecule has 1 amide bonds. The number of hydrogen-bond donors (Lipinski definition) is 1. The minimum absolute atomic E-state index is 0.0878. The molecule has 5 heteroatoms. The summed E-state index contributed by atoms with van der Waals surface area (Å²) in [5.74, 6) is -0.712. The lowest BCUT2D eigenvalue weighted by Crippen LogP contribution is -2.21. The standard InChI is InChI=1S/C15H12FNO3/c16-12-6-2-3-7-13(12)17-15(19)10-20-14-8-4-1-5-11(14)9-18/h1-9H,10H2,(H,17,19). The van der Waals surface area contributed by atoms with Gasteiger partial charge in [0.15, 0.2) is 12.9 Å². The van der Waals surface area contributed by atoms with E-state index in [2.05, 4.69) is 5.32 Å². The molecule has 0 aromatic heterocycles. The Balaban J connectivity index is 1.96. The first kappa shape index (κ1) is 13.7. The first-order valence-electron chi connectivity index (χ1n) is 5.92. The van der Waals surface area contributed by atoms with E-state index < -0.39 is 11.7 Å². The number of hydrogen-bond acceptors (Lipinski definition) is 3. The van der Waals surface area contributed by atoms with Crippen molar-refractivity contribution in [1.82, 2.24) is 0 Å². The second kappa shape index (κ2) is 6.47. The monoisotopic (exact) mass is 273 g/mol. The molecule has 2 rings (SSSR count). The highest BCUT2D eigenvalue weighted by Crippen LogP contribution is 2.16. The van der Waals surface area contributed by atoms with Gasteiger partial charge in [0.1, 0.15) is 11.6 Å². The average Bonchev–Trinajstić information content (AvgIpc) is 2.48. The second-order valence-corrected chi connectivity index (χ2v) is 3.97. The van der Waals surface area contributed by atoms with Crippen LogP contribution in [0.5, 0.6) is 5.75 Å². The summed E-state index contributed by atoms with van der Waals surface area (Å²) in [7, 11) is 0. The first-order chi connectivity index (χ1) is 9.70. The number of halogens is 1. The lowest BCUT2D eigenvalue weighted by Gasteiger charge is -2.09. The van der Waals surface area contributed by atoms with Gasteiger partial charge in [-0.15, -0.1) is 0 Å². The third kappa shape index (κ3) is 3.41. The van der Waals surface area contributed by atoms with E-state index in [0.29, 0.717) is 17.6 Å². The Hall–Kier alpha value is -2.69. The fourth-order valence-corrected chi connectivity index (χ4v) is 1.60. The Kier molecular flexibility index (Phi) is 4.44. The summed E-state index contributed by atoms with van der Waals surface area (Å²) in [6, 6.07) is 12.4. The van der Waals surface area contributed by atoms with Crippen molar-refractivity contribution in [2.75, 3.05) is 11.9 Å². The van der Waals surface area contributed by atoms with Crippen molar-refractivity contribution in [2.45, 2.75) is 0 Å². The summed E-state index contributed by atoms with van der Waals surface area (Å²) < 4.78 is 18.6. The van der Waals surface area contributed by atoms with Gasteiger partial charge in [0.05, 0.1) is 11.3 Å². The molecule has 0 spiro atoms. The number of amides is 1. The summed E-state index contributed by atoms with van der Waals surface area (Å²) in [4.78, 5) is 22.4. The average molecular weight is 273 g/mol. The number of anilines is 1. The van der Waals surface area contributed by atoms with Crippen molar-refractivity contribution < 1.29 is 18.7 Å². The van der Waals surface area contributed by atoms with E-state index in [1.807, 2.05) is 0 Å². The highest BCUT2D eigenvalue weighted by molar-refractivity contribution is 5.92. The molecule has 20 heavy (non-hydrogen) atoms. The molecule has 0 saturated heterocycles. The van der Waals surface area contributed by atoms with Gasteiger partial charge >= 0.3 is 0 Å². The number of carbonyl (C=O) groups excluding carboxylic acids is 2. The van der Waals surface area contributed by atoms with Crippen LogP contribution in [0.15, 0.2) is 48.5 Å². The topological polar surface area (TPSA) is 55.4 Å². The molecular formula is C15H12FNO3. The molecule has 4 nitrogen and oxygen atoms in total. The van der Waals surface area contributed by atoms with Gasteiger partial charge in [0, 0.05) is 0 Å². The highest BCUT2D eigenvalue weighted by Gasteiger charge is 2.08. The molecule has 0 unspecified atom stereocenters. The van der Waals surface area contributed by atoms with Gasteiger partial charge in [-0.05, 0) is 24.3 Å². The van der Waals surface area contributed by atoms with Gasteiger partial charge in [0.2, 0.25) is 0 Å². The van der Waals surface area contributed by atoms with Crippen LogP contribution in [-0.4, -0.2) is 18.8 Å². The fraction of sp³-hybridized carbons (Fsp3) is 0.0667. The van der Waals surface area contributed by atoms with Gasteiger partial charge < -0.3 is 10.1 Å². The Morgan fingerprint density at radius 3 is 2.60 bits per heavy atom. The number of benzene rings is 2. The van der Waals surface area contributed by atoms with Crippen LogP contribution < -0.4 is 10.1 Å². The number of aldehydes is 1. The first-order valence-corrected chi connectivity index (χ1v) is 5.92. The van der Waals surface area contributed by atoms with Crippen LogP contribution in [0.3, 0.4) is 0 Å². The van der Waals surface area contributed by atoms with Gasteiger partial charge in [0.25, 0.3) is 5.91 Å². The minimum Gasteiger partial charge on any atom is -0.483 e. The van der Waals surface area contributed by atoms with Crippen molar-refractivity contribution in [2.24, 2.45) is 0 Å². The molecule has 0 aliphatic carbocycles. The van der Waals surface area contributed by atoms with Crippen molar-refractivity contribution in [3.8, 4) is 5.75 Å². The zero-order valence-electron chi connectivity index (χ0n) is 10.5. The van der Waals surface area contributed by atoms with Crippen LogP contribution in [0.4, 0.5) is 10.1 Å². The molecule has 0 saturated carbocycles. The number of nitrogens with one attached hydrogen (secondary N) is 1. The van der Waals surface area contributed by atoms with Crippen LogP contribution in [0.2, 0.25) is 0 Å². The van der Waals surface area contributed by atoms with E-state index in [4.69, 9.17) is 4.74 Å². The minimum atomic E-state index is -0.519. The normalized spacial score (nSPS) is 9.85. The molecule has 0 heterocycles. The van der Waals surface area contributed by atoms with Crippen molar-refractivity contribution in [3.63, 3.8) is 0 Å². The van der Waals surface area contributed by atoms with Gasteiger partial charge in [-0.3, -0.25) is 9.59 Å². The van der Waals surface area contributed by atoms with Crippen LogP contribution in [-0.2, 0) is 4.79 Å². The Morgan fingerprint density at radius 1 is 1.15 bits per heavy atom. The van der Waals surface area contributed by atoms with Crippen molar-refractivity contribution in [1.29, 1.82) is 0 Å². The molecule has 2 aromatic rings. The van der Waals surface area contributed by atoms with Crippen molar-refractivity contribution >= 4 is 17.9 Å². The third-order valence-electron chi connectivity index (χ3n) is 2.55. The summed E-state index contributed by atoms with van der Waals surface area (Å²) in [6.07, 6.45) is 0.643. The Morgan fingerprint density at radius 2 is 1.85 bits per heavy atom. The number of para-hydroxylation sites is 2. The van der Waals surface area contributed by atoms with E-state index in [0.717, 1.165) is 0 Å². The quantitative estimate of drug-likeness (QED) is 0.852. The molecule has 0 aliphatic heterocycles. The molecule has 0 aliphatic rings. The SMILES string of the molecule is O=Cc1ccccc1OCC(=O)Nc1ccccc1F. The maximum absolute atomic E-state index is 13.3. The summed E-state index contributed by atoms with van der Waals surface area (Å²) in [5, 5.41) is 2.39. The number of ether oxygens (including phenoxy) is 1. The number of carbonyl (C=O) groups is 2. The molecule has 0 fully saturated rings. The predicted molar refractivity (Wildman–Crippen MR) is 72.4 cm³/mol. The Bertz CT molecular complexity index is 628. The largest absolute Gasteiger partial charge is 0.483 e. The molecule has 102 valence electrons. The van der Waals surface area contributed by atoms with E-state index in [9.17, 15) is 14.0 Å². The second-order valence-electron chi connectivity index (χ2n) is 3.97. The van der Waals surface area contributed by atoms with Gasteiger partial charge in [-0.2, -0.15) is 0 Å². The summed E-state index contributed by atoms with van der Waals surface area (Å²) in [6.45, 7) is -0.306. The molecular weight excluding hydrogens is 261 g/mol. The van der Waals surface area contributed by atoms with Crippen LogP contribution in [0.1, 0.15) is 10.4 Å². The maximum atomic E-state index is 13.3. The van der Waals surface area contributed by atoms with Crippen LogP contribution in [0.25, 0.3) is 0 Å². The highest BCUT2D eigenvalue weighted by atomic mass is 19.1. The van der Waals surface area contributed by atoms with E-state index in [1.165, 1.54) is 18.2 Å². The third-order valence-corrected chi connectivity index (χ3v) is 2.55. The molecule has 0 radical (unpaired) electrons. The number of rotatable bonds is 5. The zero-order chi connectivity index (χ0) is 14.4. The predicted octanol–water partition coefficient (Wildman–Crippen LogP) is 2.66. The zero-order valence-corrected chi connectivity index (χ0v) is 10.5. The van der Waals surface area contributed by atoms with Crippen LogP contribution in [0, 0.1) is 5.82 Å². The van der Waals surface area contributed by atoms with Crippen LogP contribution >= 0.6 is 0 Å². The molecule has 0 bridgehead atoms.